The molecule has 0 aliphatic carbocycles. The number of fused-ring (bicyclic) bond motifs is 1. The second kappa shape index (κ2) is 9.35. The van der Waals surface area contributed by atoms with Crippen LogP contribution in [0.2, 0.25) is 0 Å². The number of ether oxygens (including phenoxy) is 2. The summed E-state index contributed by atoms with van der Waals surface area (Å²) < 4.78 is 40.0. The Morgan fingerprint density at radius 3 is 2.61 bits per heavy atom. The van der Waals surface area contributed by atoms with E-state index in [-0.39, 0.29) is 16.7 Å². The normalized spacial score (nSPS) is 17.9. The molecule has 1 saturated heterocycles. The van der Waals surface area contributed by atoms with E-state index in [0.717, 1.165) is 16.3 Å². The largest absolute Gasteiger partial charge is 0.490 e. The first-order chi connectivity index (χ1) is 14.9. The van der Waals surface area contributed by atoms with Gasteiger partial charge >= 0.3 is 0 Å². The lowest BCUT2D eigenvalue weighted by Crippen LogP contribution is -2.41. The first kappa shape index (κ1) is 22.4. The van der Waals surface area contributed by atoms with Crippen LogP contribution in [0.15, 0.2) is 27.3 Å². The maximum atomic E-state index is 13.1. The van der Waals surface area contributed by atoms with Crippen LogP contribution in [0.3, 0.4) is 0 Å². The van der Waals surface area contributed by atoms with E-state index in [1.807, 2.05) is 13.2 Å². The van der Waals surface area contributed by atoms with Crippen molar-refractivity contribution in [1.29, 1.82) is 0 Å². The molecule has 2 aliphatic heterocycles. The van der Waals surface area contributed by atoms with E-state index in [2.05, 4.69) is 10.3 Å². The Balaban J connectivity index is 1.39. The third-order valence-corrected chi connectivity index (χ3v) is 9.53. The summed E-state index contributed by atoms with van der Waals surface area (Å²) in [5, 5.41) is 3.48. The van der Waals surface area contributed by atoms with Crippen LogP contribution in [0.25, 0.3) is 0 Å². The Morgan fingerprint density at radius 1 is 1.23 bits per heavy atom. The summed E-state index contributed by atoms with van der Waals surface area (Å²) in [5.41, 5.74) is 0.906. The summed E-state index contributed by atoms with van der Waals surface area (Å²) in [4.78, 5) is 17.2. The quantitative estimate of drug-likeness (QED) is 0.651. The van der Waals surface area contributed by atoms with E-state index in [0.29, 0.717) is 55.8 Å². The molecule has 1 amide bonds. The van der Waals surface area contributed by atoms with Crippen molar-refractivity contribution in [2.75, 3.05) is 37.9 Å². The fourth-order valence-corrected chi connectivity index (χ4v) is 6.74. The van der Waals surface area contributed by atoms with Gasteiger partial charge in [-0.05, 0) is 38.2 Å². The molecule has 0 saturated carbocycles. The highest BCUT2D eigenvalue weighted by Gasteiger charge is 2.33. The molecule has 0 bridgehead atoms. The number of piperidine rings is 1. The maximum Gasteiger partial charge on any atom is 0.243 e. The van der Waals surface area contributed by atoms with Gasteiger partial charge in [0.1, 0.15) is 0 Å². The lowest BCUT2D eigenvalue weighted by molar-refractivity contribution is -0.120. The molecule has 0 unspecified atom stereocenters. The third-order valence-electron chi connectivity index (χ3n) is 5.35. The van der Waals surface area contributed by atoms with Crippen LogP contribution in [-0.2, 0) is 14.8 Å². The lowest BCUT2D eigenvalue weighted by atomic mass is 9.97. The third kappa shape index (κ3) is 4.84. The predicted octanol–water partition coefficient (Wildman–Crippen LogP) is 3.37. The van der Waals surface area contributed by atoms with Gasteiger partial charge < -0.3 is 14.8 Å². The van der Waals surface area contributed by atoms with Crippen molar-refractivity contribution in [1.82, 2.24) is 9.29 Å². The molecule has 3 heterocycles. The summed E-state index contributed by atoms with van der Waals surface area (Å²) in [5.74, 6) is 0.677. The number of anilines is 1. The number of rotatable bonds is 5. The van der Waals surface area contributed by atoms with Crippen molar-refractivity contribution in [3.8, 4) is 11.5 Å². The van der Waals surface area contributed by atoms with Crippen LogP contribution in [0.4, 0.5) is 5.13 Å². The minimum absolute atomic E-state index is 0.103. The summed E-state index contributed by atoms with van der Waals surface area (Å²) >= 11 is 3.06. The fraction of sp³-hybridized carbons (Fsp3) is 0.500. The first-order valence-electron chi connectivity index (χ1n) is 10.1. The van der Waals surface area contributed by atoms with Crippen LogP contribution >= 0.6 is 23.1 Å². The second-order valence-electron chi connectivity index (χ2n) is 7.42. The Hall–Kier alpha value is -1.82. The van der Waals surface area contributed by atoms with Crippen LogP contribution in [0.1, 0.15) is 25.0 Å². The molecule has 2 aliphatic rings. The Morgan fingerprint density at radius 2 is 1.94 bits per heavy atom. The van der Waals surface area contributed by atoms with Gasteiger partial charge in [0.2, 0.25) is 15.9 Å². The number of benzene rings is 1. The Labute approximate surface area is 190 Å². The molecule has 11 heteroatoms. The highest BCUT2D eigenvalue weighted by Crippen LogP contribution is 2.34. The van der Waals surface area contributed by atoms with Crippen LogP contribution in [-0.4, -0.2) is 56.2 Å². The number of nitrogens with zero attached hydrogens (tertiary/aromatic N) is 2. The number of aromatic nitrogens is 1. The van der Waals surface area contributed by atoms with E-state index in [1.165, 1.54) is 21.7 Å². The molecule has 4 rings (SSSR count). The van der Waals surface area contributed by atoms with E-state index in [1.54, 1.807) is 23.9 Å². The molecule has 31 heavy (non-hydrogen) atoms. The highest BCUT2D eigenvalue weighted by molar-refractivity contribution is 8.00. The molecule has 2 aromatic rings. The van der Waals surface area contributed by atoms with Crippen molar-refractivity contribution >= 4 is 44.2 Å². The summed E-state index contributed by atoms with van der Waals surface area (Å²) in [6.45, 7) is 3.55. The number of hydrogen-bond acceptors (Lipinski definition) is 8. The number of hydrogen-bond donors (Lipinski definition) is 1. The lowest BCUT2D eigenvalue weighted by Gasteiger charge is -2.30. The van der Waals surface area contributed by atoms with Gasteiger partial charge in [-0.3, -0.25) is 4.79 Å². The number of carbonyl (C=O) groups excluding carboxylic acids is 1. The number of carbonyl (C=O) groups is 1. The fourth-order valence-electron chi connectivity index (χ4n) is 3.64. The predicted molar refractivity (Wildman–Crippen MR) is 121 cm³/mol. The number of thioether (sulfide) groups is 1. The van der Waals surface area contributed by atoms with Gasteiger partial charge in [0, 0.05) is 31.5 Å². The van der Waals surface area contributed by atoms with Crippen molar-refractivity contribution < 1.29 is 22.7 Å². The average molecular weight is 484 g/mol. The first-order valence-corrected chi connectivity index (χ1v) is 13.6. The molecule has 1 aromatic carbocycles. The minimum Gasteiger partial charge on any atom is -0.490 e. The van der Waals surface area contributed by atoms with Crippen molar-refractivity contribution in [3.63, 3.8) is 0 Å². The zero-order valence-electron chi connectivity index (χ0n) is 17.4. The van der Waals surface area contributed by atoms with Crippen molar-refractivity contribution in [2.45, 2.75) is 35.3 Å². The standard InChI is InChI=1S/C20H25N3O5S3/c1-13-19(29-2)30-20(21-13)22-18(24)14-6-8-23(9-7-14)31(25,26)15-4-5-16-17(12-15)28-11-3-10-27-16/h4-5,12,14H,3,6-11H2,1-2H3,(H,21,22,24). The van der Waals surface area contributed by atoms with Gasteiger partial charge in [-0.15, -0.1) is 11.8 Å². The van der Waals surface area contributed by atoms with Crippen molar-refractivity contribution in [3.05, 3.63) is 23.9 Å². The number of sulfonamides is 1. The van der Waals surface area contributed by atoms with E-state index in [9.17, 15) is 13.2 Å². The second-order valence-corrected chi connectivity index (χ2v) is 11.4. The summed E-state index contributed by atoms with van der Waals surface area (Å²) in [7, 11) is -3.67. The molecule has 0 radical (unpaired) electrons. The molecule has 0 spiro atoms. The van der Waals surface area contributed by atoms with Gasteiger partial charge in [-0.25, -0.2) is 13.4 Å². The summed E-state index contributed by atoms with van der Waals surface area (Å²) in [6.07, 6.45) is 3.67. The van der Waals surface area contributed by atoms with Crippen molar-refractivity contribution in [2.24, 2.45) is 5.92 Å². The molecule has 1 N–H and O–H groups in total. The smallest absolute Gasteiger partial charge is 0.243 e. The molecule has 1 fully saturated rings. The zero-order chi connectivity index (χ0) is 22.0. The topological polar surface area (TPSA) is 97.8 Å². The van der Waals surface area contributed by atoms with Gasteiger partial charge in [0.25, 0.3) is 0 Å². The number of nitrogens with one attached hydrogen (secondary N) is 1. The minimum atomic E-state index is -3.67. The van der Waals surface area contributed by atoms with Gasteiger partial charge in [0.15, 0.2) is 16.6 Å². The van der Waals surface area contributed by atoms with Gasteiger partial charge in [-0.2, -0.15) is 4.31 Å². The maximum absolute atomic E-state index is 13.1. The van der Waals surface area contributed by atoms with E-state index in [4.69, 9.17) is 9.47 Å². The molecule has 1 aromatic heterocycles. The molecule has 8 nitrogen and oxygen atoms in total. The number of thiazole rings is 1. The summed E-state index contributed by atoms with van der Waals surface area (Å²) in [6, 6.07) is 4.73. The van der Waals surface area contributed by atoms with Gasteiger partial charge in [-0.1, -0.05) is 11.3 Å². The average Bonchev–Trinajstić information content (AvgIpc) is 2.97. The highest BCUT2D eigenvalue weighted by atomic mass is 32.2. The van der Waals surface area contributed by atoms with E-state index >= 15 is 0 Å². The monoisotopic (exact) mass is 483 g/mol. The molecule has 168 valence electrons. The van der Waals surface area contributed by atoms with Crippen LogP contribution in [0.5, 0.6) is 11.5 Å². The number of amides is 1. The Kier molecular flexibility index (Phi) is 6.75. The SMILES string of the molecule is CSc1sc(NC(=O)C2CCN(S(=O)(=O)c3ccc4c(c3)OCCCO4)CC2)nc1C. The zero-order valence-corrected chi connectivity index (χ0v) is 19.9. The van der Waals surface area contributed by atoms with Crippen LogP contribution in [0, 0.1) is 12.8 Å². The van der Waals surface area contributed by atoms with Gasteiger partial charge in [0.05, 0.1) is 28.0 Å². The molecular weight excluding hydrogens is 458 g/mol. The molecular formula is C20H25N3O5S3. The molecule has 0 atom stereocenters. The van der Waals surface area contributed by atoms with E-state index < -0.39 is 10.0 Å². The van der Waals surface area contributed by atoms with Crippen LogP contribution < -0.4 is 14.8 Å². The number of aryl methyl sites for hydroxylation is 1. The Bertz CT molecular complexity index is 1060.